The van der Waals surface area contributed by atoms with Gasteiger partial charge < -0.3 is 9.64 Å². The largest absolute Gasteiger partial charge is 0.452 e. The van der Waals surface area contributed by atoms with Gasteiger partial charge in [0.1, 0.15) is 0 Å². The molecule has 1 aliphatic heterocycles. The summed E-state index contributed by atoms with van der Waals surface area (Å²) < 4.78 is 33.2. The third-order valence-electron chi connectivity index (χ3n) is 4.52. The zero-order valence-corrected chi connectivity index (χ0v) is 16.6. The second-order valence-corrected chi connectivity index (χ2v) is 8.51. The Kier molecular flexibility index (Phi) is 5.80. The van der Waals surface area contributed by atoms with Crippen molar-refractivity contribution in [2.75, 3.05) is 32.8 Å². The summed E-state index contributed by atoms with van der Waals surface area (Å²) in [4.78, 5) is 25.9. The number of benzene rings is 1. The second-order valence-electron chi connectivity index (χ2n) is 6.58. The van der Waals surface area contributed by atoms with Crippen molar-refractivity contribution in [3.05, 3.63) is 47.8 Å². The Morgan fingerprint density at radius 2 is 1.75 bits per heavy atom. The van der Waals surface area contributed by atoms with Crippen LogP contribution in [0.2, 0.25) is 0 Å². The van der Waals surface area contributed by atoms with E-state index < -0.39 is 22.6 Å². The number of hydrogen-bond donors (Lipinski definition) is 0. The lowest BCUT2D eigenvalue weighted by atomic mass is 10.2. The van der Waals surface area contributed by atoms with Crippen LogP contribution in [-0.4, -0.2) is 72.1 Å². The van der Waals surface area contributed by atoms with Crippen LogP contribution in [0.1, 0.15) is 15.9 Å². The summed E-state index contributed by atoms with van der Waals surface area (Å²) in [6.45, 7) is 2.38. The predicted octanol–water partition coefficient (Wildman–Crippen LogP) is 0.418. The van der Waals surface area contributed by atoms with Gasteiger partial charge in [-0.25, -0.2) is 13.2 Å². The van der Waals surface area contributed by atoms with E-state index in [0.717, 1.165) is 5.56 Å². The highest BCUT2D eigenvalue weighted by atomic mass is 32.2. The lowest BCUT2D eigenvalue weighted by Crippen LogP contribution is -2.51. The lowest BCUT2D eigenvalue weighted by molar-refractivity contribution is -0.135. The first-order valence-electron chi connectivity index (χ1n) is 8.78. The second kappa shape index (κ2) is 8.11. The molecule has 3 rings (SSSR count). The first kappa shape index (κ1) is 20.0. The van der Waals surface area contributed by atoms with E-state index in [-0.39, 0.29) is 42.5 Å². The fourth-order valence-electron chi connectivity index (χ4n) is 2.87. The number of ether oxygens (including phenoxy) is 1. The molecule has 0 unspecified atom stereocenters. The van der Waals surface area contributed by atoms with Gasteiger partial charge in [0.25, 0.3) is 5.91 Å². The third-order valence-corrected chi connectivity index (χ3v) is 6.43. The van der Waals surface area contributed by atoms with Gasteiger partial charge in [-0.15, -0.1) is 0 Å². The number of aromatic nitrogens is 2. The molecule has 2 heterocycles. The molecule has 9 nitrogen and oxygen atoms in total. The Bertz CT molecular complexity index is 960. The van der Waals surface area contributed by atoms with E-state index in [9.17, 15) is 18.0 Å². The highest BCUT2D eigenvalue weighted by molar-refractivity contribution is 7.89. The molecule has 150 valence electrons. The van der Waals surface area contributed by atoms with Gasteiger partial charge in [-0.05, 0) is 19.1 Å². The minimum atomic E-state index is -3.59. The summed E-state index contributed by atoms with van der Waals surface area (Å²) in [5, 5.41) is 3.87. The Balaban J connectivity index is 1.52. The van der Waals surface area contributed by atoms with Crippen LogP contribution >= 0.6 is 0 Å². The summed E-state index contributed by atoms with van der Waals surface area (Å²) in [6, 6.07) is 6.67. The van der Waals surface area contributed by atoms with Gasteiger partial charge in [-0.2, -0.15) is 9.40 Å². The molecule has 1 aromatic carbocycles. The molecule has 1 aromatic heterocycles. The molecule has 1 amide bonds. The predicted molar refractivity (Wildman–Crippen MR) is 100 cm³/mol. The topological polar surface area (TPSA) is 102 Å². The molecule has 2 aromatic rings. The van der Waals surface area contributed by atoms with Crippen molar-refractivity contribution in [2.45, 2.75) is 11.8 Å². The number of carbonyl (C=O) groups is 2. The maximum absolute atomic E-state index is 12.7. The zero-order chi connectivity index (χ0) is 20.3. The molecule has 1 saturated heterocycles. The summed E-state index contributed by atoms with van der Waals surface area (Å²) in [7, 11) is -1.91. The highest BCUT2D eigenvalue weighted by Gasteiger charge is 2.30. The number of rotatable bonds is 5. The summed E-state index contributed by atoms with van der Waals surface area (Å²) >= 11 is 0. The monoisotopic (exact) mass is 406 g/mol. The number of amides is 1. The third kappa shape index (κ3) is 4.39. The lowest BCUT2D eigenvalue weighted by Gasteiger charge is -2.33. The number of esters is 1. The molecule has 0 spiro atoms. The summed E-state index contributed by atoms with van der Waals surface area (Å²) in [5.74, 6) is -0.980. The van der Waals surface area contributed by atoms with E-state index in [2.05, 4.69) is 5.10 Å². The Morgan fingerprint density at radius 1 is 1.11 bits per heavy atom. The van der Waals surface area contributed by atoms with Gasteiger partial charge in [0.05, 0.1) is 16.7 Å². The average molecular weight is 406 g/mol. The molecular weight excluding hydrogens is 384 g/mol. The zero-order valence-electron chi connectivity index (χ0n) is 15.7. The minimum Gasteiger partial charge on any atom is -0.452 e. The van der Waals surface area contributed by atoms with E-state index in [1.165, 1.54) is 26.3 Å². The molecule has 1 aliphatic rings. The maximum Gasteiger partial charge on any atom is 0.341 e. The Labute approximate surface area is 163 Å². The molecular formula is C18H22N4O5S. The normalized spacial score (nSPS) is 15.4. The van der Waals surface area contributed by atoms with E-state index in [4.69, 9.17) is 4.74 Å². The van der Waals surface area contributed by atoms with Crippen molar-refractivity contribution < 1.29 is 22.7 Å². The van der Waals surface area contributed by atoms with Crippen molar-refractivity contribution >= 4 is 21.9 Å². The molecule has 10 heteroatoms. The molecule has 0 bridgehead atoms. The first-order valence-corrected chi connectivity index (χ1v) is 10.2. The Hall–Kier alpha value is -2.72. The number of sulfonamides is 1. The van der Waals surface area contributed by atoms with Crippen LogP contribution in [-0.2, 0) is 26.6 Å². The molecule has 0 N–H and O–H groups in total. The van der Waals surface area contributed by atoms with E-state index in [1.54, 1.807) is 31.3 Å². The summed E-state index contributed by atoms with van der Waals surface area (Å²) in [6.07, 6.45) is 2.86. The fourth-order valence-corrected chi connectivity index (χ4v) is 4.29. The number of carbonyl (C=O) groups excluding carboxylic acids is 2. The van der Waals surface area contributed by atoms with Gasteiger partial charge in [0.15, 0.2) is 6.61 Å². The van der Waals surface area contributed by atoms with Gasteiger partial charge in [-0.3, -0.25) is 9.48 Å². The van der Waals surface area contributed by atoms with Crippen LogP contribution < -0.4 is 0 Å². The molecule has 0 aliphatic carbocycles. The number of nitrogens with zero attached hydrogens (tertiary/aromatic N) is 4. The number of hydrogen-bond acceptors (Lipinski definition) is 6. The van der Waals surface area contributed by atoms with Crippen molar-refractivity contribution in [1.82, 2.24) is 19.0 Å². The van der Waals surface area contributed by atoms with Crippen LogP contribution in [0, 0.1) is 6.92 Å². The smallest absolute Gasteiger partial charge is 0.341 e. The summed E-state index contributed by atoms with van der Waals surface area (Å²) in [5.41, 5.74) is 1.25. The van der Waals surface area contributed by atoms with Crippen molar-refractivity contribution in [3.63, 3.8) is 0 Å². The molecule has 28 heavy (non-hydrogen) atoms. The average Bonchev–Trinajstić information content (AvgIpc) is 3.13. The van der Waals surface area contributed by atoms with Crippen molar-refractivity contribution in [1.29, 1.82) is 0 Å². The van der Waals surface area contributed by atoms with Gasteiger partial charge >= 0.3 is 5.97 Å². The fraction of sp³-hybridized carbons (Fsp3) is 0.389. The SMILES string of the molecule is Cc1ccc(S(=O)(=O)N2CCN(C(=O)COC(=O)c3cnn(C)c3)CC2)cc1. The molecule has 0 radical (unpaired) electrons. The van der Waals surface area contributed by atoms with Crippen molar-refractivity contribution in [3.8, 4) is 0 Å². The quantitative estimate of drug-likeness (QED) is 0.667. The van der Waals surface area contributed by atoms with Gasteiger partial charge in [-0.1, -0.05) is 17.7 Å². The minimum absolute atomic E-state index is 0.193. The van der Waals surface area contributed by atoms with Gasteiger partial charge in [0, 0.05) is 39.4 Å². The van der Waals surface area contributed by atoms with E-state index >= 15 is 0 Å². The van der Waals surface area contributed by atoms with Crippen LogP contribution in [0.4, 0.5) is 0 Å². The van der Waals surface area contributed by atoms with E-state index in [0.29, 0.717) is 0 Å². The number of aryl methyl sites for hydroxylation is 2. The van der Waals surface area contributed by atoms with Crippen LogP contribution in [0.25, 0.3) is 0 Å². The molecule has 0 saturated carbocycles. The van der Waals surface area contributed by atoms with Crippen molar-refractivity contribution in [2.24, 2.45) is 7.05 Å². The van der Waals surface area contributed by atoms with E-state index in [1.807, 2.05) is 6.92 Å². The molecule has 0 atom stereocenters. The van der Waals surface area contributed by atoms with Crippen LogP contribution in [0.15, 0.2) is 41.6 Å². The van der Waals surface area contributed by atoms with Gasteiger partial charge in [0.2, 0.25) is 10.0 Å². The standard InChI is InChI=1S/C18H22N4O5S/c1-14-3-5-16(6-4-14)28(25,26)22-9-7-21(8-10-22)17(23)13-27-18(24)15-11-19-20(2)12-15/h3-6,11-12H,7-10,13H2,1-2H3. The number of piperazine rings is 1. The van der Waals surface area contributed by atoms with Crippen LogP contribution in [0.5, 0.6) is 0 Å². The van der Waals surface area contributed by atoms with Crippen LogP contribution in [0.3, 0.4) is 0 Å². The Morgan fingerprint density at radius 3 is 2.32 bits per heavy atom. The maximum atomic E-state index is 12.7. The molecule has 1 fully saturated rings. The first-order chi connectivity index (χ1) is 13.3. The highest BCUT2D eigenvalue weighted by Crippen LogP contribution is 2.18.